The molecular weight excluding hydrogens is 453 g/mol. The van der Waals surface area contributed by atoms with E-state index in [0.29, 0.717) is 5.76 Å². The molecule has 8 nitrogen and oxygen atoms in total. The number of aromatic nitrogens is 2. The van der Waals surface area contributed by atoms with Gasteiger partial charge in [-0.25, -0.2) is 4.68 Å². The minimum Gasteiger partial charge on any atom is -0.495 e. The van der Waals surface area contributed by atoms with Crippen LogP contribution in [0.4, 0.5) is 24.7 Å². The van der Waals surface area contributed by atoms with E-state index in [0.717, 1.165) is 10.9 Å². The SMILES string of the molecule is COc1cc(NC(=O)c2cnn3c2N[C@H](c2ccco2)C[C@@H]3C(F)(F)F)c(OC)cc1Cl. The van der Waals surface area contributed by atoms with Crippen molar-refractivity contribution in [1.82, 2.24) is 9.78 Å². The zero-order valence-corrected chi connectivity index (χ0v) is 17.6. The first-order valence-corrected chi connectivity index (χ1v) is 9.77. The number of nitrogens with one attached hydrogen (secondary N) is 2. The molecule has 0 bridgehead atoms. The number of fused-ring (bicyclic) bond motifs is 1. The second-order valence-corrected chi connectivity index (χ2v) is 7.41. The van der Waals surface area contributed by atoms with E-state index in [4.69, 9.17) is 25.5 Å². The van der Waals surface area contributed by atoms with E-state index < -0.39 is 24.2 Å². The lowest BCUT2D eigenvalue weighted by Gasteiger charge is -2.32. The molecule has 0 fully saturated rings. The molecule has 1 aliphatic heterocycles. The largest absolute Gasteiger partial charge is 0.495 e. The Morgan fingerprint density at radius 1 is 1.31 bits per heavy atom. The topological polar surface area (TPSA) is 90.5 Å². The van der Waals surface area contributed by atoms with Crippen LogP contribution in [-0.4, -0.2) is 36.1 Å². The molecule has 0 aliphatic carbocycles. The van der Waals surface area contributed by atoms with Gasteiger partial charge in [-0.2, -0.15) is 18.3 Å². The highest BCUT2D eigenvalue weighted by Gasteiger charge is 2.47. The van der Waals surface area contributed by atoms with Gasteiger partial charge in [0.25, 0.3) is 5.91 Å². The van der Waals surface area contributed by atoms with Crippen molar-refractivity contribution in [3.05, 3.63) is 53.1 Å². The number of carbonyl (C=O) groups is 1. The van der Waals surface area contributed by atoms with Crippen LogP contribution >= 0.6 is 11.6 Å². The van der Waals surface area contributed by atoms with Crippen LogP contribution < -0.4 is 20.1 Å². The van der Waals surface area contributed by atoms with Gasteiger partial charge in [0.05, 0.1) is 43.4 Å². The summed E-state index contributed by atoms with van der Waals surface area (Å²) < 4.78 is 57.7. The number of rotatable bonds is 5. The number of alkyl halides is 3. The van der Waals surface area contributed by atoms with Gasteiger partial charge in [-0.3, -0.25) is 4.79 Å². The molecule has 170 valence electrons. The Morgan fingerprint density at radius 3 is 2.69 bits per heavy atom. The van der Waals surface area contributed by atoms with Crippen molar-refractivity contribution in [2.45, 2.75) is 24.7 Å². The molecule has 1 amide bonds. The van der Waals surface area contributed by atoms with Gasteiger partial charge in [0.15, 0.2) is 6.04 Å². The Hall–Kier alpha value is -3.34. The number of ether oxygens (including phenoxy) is 2. The molecule has 4 rings (SSSR count). The number of nitrogens with zero attached hydrogens (tertiary/aromatic N) is 2. The van der Waals surface area contributed by atoms with Crippen LogP contribution in [0.15, 0.2) is 41.1 Å². The predicted octanol–water partition coefficient (Wildman–Crippen LogP) is 5.06. The number of anilines is 2. The zero-order valence-electron chi connectivity index (χ0n) is 16.9. The Kier molecular flexibility index (Phi) is 5.68. The average molecular weight is 471 g/mol. The lowest BCUT2D eigenvalue weighted by atomic mass is 10.0. The van der Waals surface area contributed by atoms with Crippen molar-refractivity contribution in [2.24, 2.45) is 0 Å². The van der Waals surface area contributed by atoms with E-state index in [9.17, 15) is 18.0 Å². The highest BCUT2D eigenvalue weighted by molar-refractivity contribution is 6.32. The number of amides is 1. The lowest BCUT2D eigenvalue weighted by Crippen LogP contribution is -2.36. The van der Waals surface area contributed by atoms with Gasteiger partial charge in [-0.05, 0) is 12.1 Å². The Morgan fingerprint density at radius 2 is 2.06 bits per heavy atom. The molecule has 0 unspecified atom stereocenters. The van der Waals surface area contributed by atoms with Crippen LogP contribution in [-0.2, 0) is 0 Å². The quantitative estimate of drug-likeness (QED) is 0.541. The highest BCUT2D eigenvalue weighted by Crippen LogP contribution is 2.44. The van der Waals surface area contributed by atoms with Gasteiger partial charge in [0.2, 0.25) is 0 Å². The number of halogens is 4. The van der Waals surface area contributed by atoms with Gasteiger partial charge in [0.1, 0.15) is 28.6 Å². The van der Waals surface area contributed by atoms with Gasteiger partial charge >= 0.3 is 6.18 Å². The van der Waals surface area contributed by atoms with Crippen molar-refractivity contribution < 1.29 is 31.9 Å². The van der Waals surface area contributed by atoms with Crippen LogP contribution in [0.5, 0.6) is 11.5 Å². The van der Waals surface area contributed by atoms with Crippen LogP contribution in [0.25, 0.3) is 0 Å². The second-order valence-electron chi connectivity index (χ2n) is 7.00. The van der Waals surface area contributed by atoms with Gasteiger partial charge < -0.3 is 24.5 Å². The molecule has 3 heterocycles. The molecule has 2 aromatic heterocycles. The highest BCUT2D eigenvalue weighted by atomic mass is 35.5. The molecule has 0 saturated heterocycles. The Labute approximate surface area is 185 Å². The monoisotopic (exact) mass is 470 g/mol. The molecule has 0 radical (unpaired) electrons. The molecule has 2 atom stereocenters. The fourth-order valence-corrected chi connectivity index (χ4v) is 3.78. The minimum absolute atomic E-state index is 0.0719. The van der Waals surface area contributed by atoms with Crippen LogP contribution in [0.1, 0.15) is 34.6 Å². The third-order valence-corrected chi connectivity index (χ3v) is 5.39. The standard InChI is InChI=1S/C20H18ClF3N4O4/c1-30-15-7-12(16(31-2)6-11(15)21)27-19(29)10-9-25-28-17(20(22,23)24)8-13(26-18(10)28)14-4-3-5-32-14/h3-7,9,13,17,26H,8H2,1-2H3,(H,27,29)/t13-,17+/m0/s1. The lowest BCUT2D eigenvalue weighted by molar-refractivity contribution is -0.174. The summed E-state index contributed by atoms with van der Waals surface area (Å²) in [5.74, 6) is 0.0923. The number of carbonyl (C=O) groups excluding carboxylic acids is 1. The van der Waals surface area contributed by atoms with Crippen LogP contribution in [0, 0.1) is 0 Å². The zero-order chi connectivity index (χ0) is 23.0. The van der Waals surface area contributed by atoms with Crippen molar-refractivity contribution >= 4 is 29.0 Å². The summed E-state index contributed by atoms with van der Waals surface area (Å²) in [4.78, 5) is 13.0. The van der Waals surface area contributed by atoms with E-state index >= 15 is 0 Å². The average Bonchev–Trinajstić information content (AvgIpc) is 3.43. The van der Waals surface area contributed by atoms with Gasteiger partial charge in [-0.15, -0.1) is 0 Å². The van der Waals surface area contributed by atoms with Crippen molar-refractivity contribution in [2.75, 3.05) is 24.9 Å². The number of methoxy groups -OCH3 is 2. The third-order valence-electron chi connectivity index (χ3n) is 5.09. The molecule has 3 aromatic rings. The fraction of sp³-hybridized carbons (Fsp3) is 0.300. The maximum atomic E-state index is 13.7. The van der Waals surface area contributed by atoms with Gasteiger partial charge in [-0.1, -0.05) is 11.6 Å². The van der Waals surface area contributed by atoms with Crippen LogP contribution in [0.2, 0.25) is 5.02 Å². The van der Waals surface area contributed by atoms with E-state index in [1.165, 1.54) is 32.6 Å². The maximum absolute atomic E-state index is 13.7. The molecule has 1 aromatic carbocycles. The molecule has 12 heteroatoms. The summed E-state index contributed by atoms with van der Waals surface area (Å²) in [6.07, 6.45) is -2.46. The van der Waals surface area contributed by atoms with E-state index in [1.807, 2.05) is 0 Å². The summed E-state index contributed by atoms with van der Waals surface area (Å²) in [6, 6.07) is 3.33. The number of benzene rings is 1. The normalized spacial score (nSPS) is 17.9. The number of hydrogen-bond acceptors (Lipinski definition) is 6. The third kappa shape index (κ3) is 3.95. The smallest absolute Gasteiger partial charge is 0.410 e. The number of furan rings is 1. The fourth-order valence-electron chi connectivity index (χ4n) is 3.55. The van der Waals surface area contributed by atoms with Gasteiger partial charge in [0, 0.05) is 18.6 Å². The molecule has 0 saturated carbocycles. The summed E-state index contributed by atoms with van der Waals surface area (Å²) in [6.45, 7) is 0. The summed E-state index contributed by atoms with van der Waals surface area (Å²) in [5.41, 5.74) is 0.149. The first-order chi connectivity index (χ1) is 15.2. The maximum Gasteiger partial charge on any atom is 0.410 e. The Balaban J connectivity index is 1.70. The van der Waals surface area contributed by atoms with Crippen molar-refractivity contribution in [1.29, 1.82) is 0 Å². The molecule has 1 aliphatic rings. The van der Waals surface area contributed by atoms with E-state index in [2.05, 4.69) is 15.7 Å². The first kappa shape index (κ1) is 21.9. The minimum atomic E-state index is -4.58. The molecular formula is C20H18ClF3N4O4. The van der Waals surface area contributed by atoms with Crippen LogP contribution in [0.3, 0.4) is 0 Å². The van der Waals surface area contributed by atoms with E-state index in [1.54, 1.807) is 12.1 Å². The summed E-state index contributed by atoms with van der Waals surface area (Å²) >= 11 is 6.08. The molecule has 2 N–H and O–H groups in total. The Bertz CT molecular complexity index is 1130. The number of hydrogen-bond donors (Lipinski definition) is 2. The summed E-state index contributed by atoms with van der Waals surface area (Å²) in [5, 5.41) is 9.67. The molecule has 32 heavy (non-hydrogen) atoms. The predicted molar refractivity (Wildman–Crippen MR) is 110 cm³/mol. The summed E-state index contributed by atoms with van der Waals surface area (Å²) in [7, 11) is 2.79. The first-order valence-electron chi connectivity index (χ1n) is 9.40. The van der Waals surface area contributed by atoms with Crippen molar-refractivity contribution in [3.8, 4) is 11.5 Å². The second kappa shape index (κ2) is 8.30. The van der Waals surface area contributed by atoms with E-state index in [-0.39, 0.29) is 40.0 Å². The van der Waals surface area contributed by atoms with Crippen molar-refractivity contribution in [3.63, 3.8) is 0 Å². The molecule has 0 spiro atoms.